The van der Waals surface area contributed by atoms with Crippen LogP contribution in [-0.4, -0.2) is 85.8 Å². The van der Waals surface area contributed by atoms with Crippen LogP contribution in [0.25, 0.3) is 0 Å². The second kappa shape index (κ2) is 11.0. The Kier molecular flexibility index (Phi) is 8.41. The SMILES string of the molecule is CCOC(=O)N1CCN(C(=O)COC(=O)c2cc(OCC)c(OC)cc2[N+](=O)[O-])CC1. The summed E-state index contributed by atoms with van der Waals surface area (Å²) < 4.78 is 20.3. The van der Waals surface area contributed by atoms with Gasteiger partial charge in [-0.2, -0.15) is 0 Å². The molecule has 0 unspecified atom stereocenters. The molecule has 0 saturated carbocycles. The zero-order valence-corrected chi connectivity index (χ0v) is 17.6. The molecule has 1 aromatic carbocycles. The lowest BCUT2D eigenvalue weighted by molar-refractivity contribution is -0.385. The van der Waals surface area contributed by atoms with E-state index in [0.717, 1.165) is 12.1 Å². The van der Waals surface area contributed by atoms with Gasteiger partial charge >= 0.3 is 12.1 Å². The van der Waals surface area contributed by atoms with Crippen molar-refractivity contribution in [1.29, 1.82) is 0 Å². The van der Waals surface area contributed by atoms with Crippen molar-refractivity contribution in [1.82, 2.24) is 9.80 Å². The molecule has 1 aromatic rings. The van der Waals surface area contributed by atoms with Crippen LogP contribution >= 0.6 is 0 Å². The summed E-state index contributed by atoms with van der Waals surface area (Å²) in [6.45, 7) is 4.43. The van der Waals surface area contributed by atoms with Crippen LogP contribution < -0.4 is 9.47 Å². The van der Waals surface area contributed by atoms with Crippen LogP contribution in [0.3, 0.4) is 0 Å². The molecule has 1 saturated heterocycles. The van der Waals surface area contributed by atoms with Crippen molar-refractivity contribution in [2.45, 2.75) is 13.8 Å². The quantitative estimate of drug-likeness (QED) is 0.335. The normalized spacial score (nSPS) is 13.4. The number of nitrogens with zero attached hydrogens (tertiary/aromatic N) is 3. The standard InChI is InChI=1S/C19H25N3O9/c1-4-29-16-10-13(14(22(26)27)11-15(16)28-3)18(24)31-12-17(23)20-6-8-21(9-7-20)19(25)30-5-2/h10-11H,4-9,12H2,1-3H3. The minimum Gasteiger partial charge on any atom is -0.493 e. The van der Waals surface area contributed by atoms with Gasteiger partial charge in [0.05, 0.1) is 31.3 Å². The lowest BCUT2D eigenvalue weighted by Gasteiger charge is -2.33. The first-order chi connectivity index (χ1) is 14.8. The molecular formula is C19H25N3O9. The summed E-state index contributed by atoms with van der Waals surface area (Å²) in [5, 5.41) is 11.4. The Balaban J connectivity index is 2.02. The van der Waals surface area contributed by atoms with Crippen molar-refractivity contribution >= 4 is 23.7 Å². The van der Waals surface area contributed by atoms with Crippen molar-refractivity contribution in [2.24, 2.45) is 0 Å². The molecular weight excluding hydrogens is 414 g/mol. The van der Waals surface area contributed by atoms with E-state index >= 15 is 0 Å². The fourth-order valence-corrected chi connectivity index (χ4v) is 2.94. The number of nitro groups is 1. The molecule has 170 valence electrons. The third-order valence-electron chi connectivity index (χ3n) is 4.48. The molecule has 0 aliphatic carbocycles. The summed E-state index contributed by atoms with van der Waals surface area (Å²) in [7, 11) is 1.32. The molecule has 0 aromatic heterocycles. The summed E-state index contributed by atoms with van der Waals surface area (Å²) in [5.41, 5.74) is -0.880. The van der Waals surface area contributed by atoms with Gasteiger partial charge in [-0.3, -0.25) is 14.9 Å². The van der Waals surface area contributed by atoms with E-state index < -0.39 is 35.2 Å². The molecule has 0 radical (unpaired) electrons. The topological polar surface area (TPSA) is 138 Å². The van der Waals surface area contributed by atoms with E-state index in [1.54, 1.807) is 13.8 Å². The summed E-state index contributed by atoms with van der Waals surface area (Å²) in [6.07, 6.45) is -0.446. The van der Waals surface area contributed by atoms with Crippen LogP contribution in [0.2, 0.25) is 0 Å². The molecule has 0 bridgehead atoms. The molecule has 12 nitrogen and oxygen atoms in total. The summed E-state index contributed by atoms with van der Waals surface area (Å²) in [6, 6.07) is 2.23. The maximum Gasteiger partial charge on any atom is 0.409 e. The average molecular weight is 439 g/mol. The Bertz CT molecular complexity index is 835. The van der Waals surface area contributed by atoms with E-state index in [-0.39, 0.29) is 43.4 Å². The molecule has 1 heterocycles. The number of methoxy groups -OCH3 is 1. The third kappa shape index (κ3) is 5.96. The van der Waals surface area contributed by atoms with Crippen LogP contribution in [0, 0.1) is 10.1 Å². The molecule has 0 N–H and O–H groups in total. The second-order valence-corrected chi connectivity index (χ2v) is 6.35. The number of benzene rings is 1. The molecule has 1 fully saturated rings. The number of hydrogen-bond acceptors (Lipinski definition) is 9. The van der Waals surface area contributed by atoms with Gasteiger partial charge in [0.15, 0.2) is 18.1 Å². The van der Waals surface area contributed by atoms with E-state index in [0.29, 0.717) is 13.1 Å². The average Bonchev–Trinajstić information content (AvgIpc) is 2.77. The monoisotopic (exact) mass is 439 g/mol. The van der Waals surface area contributed by atoms with Gasteiger partial charge in [-0.05, 0) is 13.8 Å². The first-order valence-electron chi connectivity index (χ1n) is 9.68. The highest BCUT2D eigenvalue weighted by Crippen LogP contribution is 2.35. The number of hydrogen-bond donors (Lipinski definition) is 0. The number of piperazine rings is 1. The molecule has 12 heteroatoms. The van der Waals surface area contributed by atoms with Crippen molar-refractivity contribution in [3.8, 4) is 11.5 Å². The summed E-state index contributed by atoms with van der Waals surface area (Å²) >= 11 is 0. The zero-order chi connectivity index (χ0) is 23.0. The van der Waals surface area contributed by atoms with E-state index in [2.05, 4.69) is 0 Å². The van der Waals surface area contributed by atoms with Gasteiger partial charge in [-0.25, -0.2) is 9.59 Å². The molecule has 1 aliphatic rings. The minimum absolute atomic E-state index is 0.0978. The fraction of sp³-hybridized carbons (Fsp3) is 0.526. The van der Waals surface area contributed by atoms with Crippen LogP contribution in [0.1, 0.15) is 24.2 Å². The molecule has 2 rings (SSSR count). The van der Waals surface area contributed by atoms with E-state index in [1.165, 1.54) is 16.9 Å². The maximum absolute atomic E-state index is 12.5. The summed E-state index contributed by atoms with van der Waals surface area (Å²) in [5.74, 6) is -1.27. The first kappa shape index (κ1) is 23.7. The van der Waals surface area contributed by atoms with Gasteiger partial charge in [-0.15, -0.1) is 0 Å². The van der Waals surface area contributed by atoms with Crippen LogP contribution in [-0.2, 0) is 14.3 Å². The molecule has 1 aliphatic heterocycles. The molecule has 0 spiro atoms. The predicted molar refractivity (Wildman–Crippen MR) is 106 cm³/mol. The lowest BCUT2D eigenvalue weighted by atomic mass is 10.1. The largest absolute Gasteiger partial charge is 0.493 e. The molecule has 0 atom stereocenters. The first-order valence-corrected chi connectivity index (χ1v) is 9.68. The lowest BCUT2D eigenvalue weighted by Crippen LogP contribution is -2.51. The summed E-state index contributed by atoms with van der Waals surface area (Å²) in [4.78, 5) is 50.1. The number of esters is 1. The van der Waals surface area contributed by atoms with E-state index in [9.17, 15) is 24.5 Å². The Morgan fingerprint density at radius 1 is 1.00 bits per heavy atom. The van der Waals surface area contributed by atoms with Gasteiger partial charge in [0.25, 0.3) is 11.6 Å². The highest BCUT2D eigenvalue weighted by atomic mass is 16.6. The van der Waals surface area contributed by atoms with Crippen LogP contribution in [0.5, 0.6) is 11.5 Å². The number of carbonyl (C=O) groups excluding carboxylic acids is 3. The van der Waals surface area contributed by atoms with Crippen molar-refractivity contribution in [3.63, 3.8) is 0 Å². The Morgan fingerprint density at radius 3 is 2.19 bits per heavy atom. The highest BCUT2D eigenvalue weighted by Gasteiger charge is 2.28. The maximum atomic E-state index is 12.5. The highest BCUT2D eigenvalue weighted by molar-refractivity contribution is 5.96. The van der Waals surface area contributed by atoms with E-state index in [1.807, 2.05) is 0 Å². The minimum atomic E-state index is -1.03. The number of nitro benzene ring substituents is 1. The van der Waals surface area contributed by atoms with E-state index in [4.69, 9.17) is 18.9 Å². The molecule has 2 amide bonds. The van der Waals surface area contributed by atoms with Crippen molar-refractivity contribution < 1.29 is 38.3 Å². The smallest absolute Gasteiger partial charge is 0.409 e. The van der Waals surface area contributed by atoms with Gasteiger partial charge < -0.3 is 28.7 Å². The number of rotatable bonds is 8. The van der Waals surface area contributed by atoms with Crippen molar-refractivity contribution in [3.05, 3.63) is 27.8 Å². The Morgan fingerprint density at radius 2 is 1.65 bits per heavy atom. The van der Waals surface area contributed by atoms with Gasteiger partial charge in [-0.1, -0.05) is 0 Å². The van der Waals surface area contributed by atoms with Gasteiger partial charge in [0.1, 0.15) is 5.56 Å². The van der Waals surface area contributed by atoms with Crippen molar-refractivity contribution in [2.75, 3.05) is 53.1 Å². The predicted octanol–water partition coefficient (Wildman–Crippen LogP) is 1.46. The second-order valence-electron chi connectivity index (χ2n) is 6.35. The van der Waals surface area contributed by atoms with Crippen LogP contribution in [0.15, 0.2) is 12.1 Å². The van der Waals surface area contributed by atoms with Crippen LogP contribution in [0.4, 0.5) is 10.5 Å². The number of amides is 2. The Labute approximate surface area is 178 Å². The molecule has 31 heavy (non-hydrogen) atoms. The third-order valence-corrected chi connectivity index (χ3v) is 4.48. The fourth-order valence-electron chi connectivity index (χ4n) is 2.94. The van der Waals surface area contributed by atoms with Gasteiger partial charge in [0, 0.05) is 32.2 Å². The zero-order valence-electron chi connectivity index (χ0n) is 17.6. The number of carbonyl (C=O) groups is 3. The van der Waals surface area contributed by atoms with Gasteiger partial charge in [0.2, 0.25) is 0 Å². The number of ether oxygens (including phenoxy) is 4. The Hall–Kier alpha value is -3.57.